The predicted octanol–water partition coefficient (Wildman–Crippen LogP) is 5.36. The zero-order valence-corrected chi connectivity index (χ0v) is 21.5. The first-order valence-corrected chi connectivity index (χ1v) is 13.8. The predicted molar refractivity (Wildman–Crippen MR) is 130 cm³/mol. The van der Waals surface area contributed by atoms with E-state index in [0.29, 0.717) is 37.8 Å². The second-order valence-electron chi connectivity index (χ2n) is 9.54. The van der Waals surface area contributed by atoms with Crippen molar-refractivity contribution >= 4 is 15.7 Å². The lowest BCUT2D eigenvalue weighted by Gasteiger charge is -2.31. The minimum atomic E-state index is -4.50. The van der Waals surface area contributed by atoms with E-state index in [-0.39, 0.29) is 23.3 Å². The Morgan fingerprint density at radius 2 is 1.74 bits per heavy atom. The third kappa shape index (κ3) is 9.15. The maximum Gasteiger partial charge on any atom is 0.416 e. The first kappa shape index (κ1) is 29.7. The zero-order valence-electron chi connectivity index (χ0n) is 20.7. The molecule has 0 aromatic heterocycles. The minimum absolute atomic E-state index is 0.0323. The second kappa shape index (κ2) is 13.7. The summed E-state index contributed by atoms with van der Waals surface area (Å²) in [6.45, 7) is 3.68. The molecule has 200 valence electrons. The summed E-state index contributed by atoms with van der Waals surface area (Å²) < 4.78 is 70.8. The van der Waals surface area contributed by atoms with Gasteiger partial charge < -0.3 is 15.3 Å². The molecule has 35 heavy (non-hydrogen) atoms. The number of ether oxygens (including phenoxy) is 1. The van der Waals surface area contributed by atoms with Crippen LogP contribution in [0.2, 0.25) is 0 Å². The van der Waals surface area contributed by atoms with Crippen molar-refractivity contribution < 1.29 is 31.4 Å². The topological polar surface area (TPSA) is 90.7 Å². The number of rotatable bonds is 14. The molecule has 1 fully saturated rings. The third-order valence-corrected chi connectivity index (χ3v) is 8.75. The fourth-order valence-electron chi connectivity index (χ4n) is 4.50. The zero-order chi connectivity index (χ0) is 26.1. The lowest BCUT2D eigenvalue weighted by molar-refractivity contribution is -0.137. The number of halogens is 3. The summed E-state index contributed by atoms with van der Waals surface area (Å²) in [4.78, 5) is -0.133. The van der Waals surface area contributed by atoms with Crippen molar-refractivity contribution in [2.24, 2.45) is 17.8 Å². The van der Waals surface area contributed by atoms with Crippen LogP contribution in [0.5, 0.6) is 0 Å². The van der Waals surface area contributed by atoms with Crippen LogP contribution in [0.4, 0.5) is 13.2 Å². The monoisotopic (exact) mass is 520 g/mol. The van der Waals surface area contributed by atoms with Crippen LogP contribution in [0.15, 0.2) is 29.2 Å². The van der Waals surface area contributed by atoms with Crippen molar-refractivity contribution in [3.8, 4) is 0 Å². The Labute approximate surface area is 207 Å². The standard InChI is InChI=1S/C25H39F3N2O4S/c1-3-21(17-31)24(29)6-4-5-15-34-18-20-9-7-19(8-10-20)16-30(2)35(32,33)23-13-11-22(12-14-23)25(26,27)28/h11-14,19-21,29,31H,3-10,15-18H2,1-2H3/t19?,20?,21-/m1/s1. The molecule has 10 heteroatoms. The number of unbranched alkanes of at least 4 members (excludes halogenated alkanes) is 1. The normalized spacial score (nSPS) is 20.2. The number of nitrogens with zero attached hydrogens (tertiary/aromatic N) is 1. The van der Waals surface area contributed by atoms with Crippen LogP contribution in [-0.2, 0) is 20.9 Å². The van der Waals surface area contributed by atoms with Crippen LogP contribution >= 0.6 is 0 Å². The number of nitrogens with one attached hydrogen (secondary N) is 1. The first-order valence-electron chi connectivity index (χ1n) is 12.4. The molecule has 0 amide bonds. The van der Waals surface area contributed by atoms with Crippen molar-refractivity contribution in [3.63, 3.8) is 0 Å². The quantitative estimate of drug-likeness (QED) is 0.255. The molecule has 1 aromatic rings. The molecule has 0 saturated heterocycles. The Morgan fingerprint density at radius 1 is 1.14 bits per heavy atom. The molecular weight excluding hydrogens is 481 g/mol. The summed E-state index contributed by atoms with van der Waals surface area (Å²) in [6.07, 6.45) is 2.42. The van der Waals surface area contributed by atoms with Crippen LogP contribution in [0.1, 0.15) is 63.9 Å². The van der Waals surface area contributed by atoms with E-state index in [9.17, 15) is 26.7 Å². The van der Waals surface area contributed by atoms with Crippen molar-refractivity contribution in [1.29, 1.82) is 5.41 Å². The number of aliphatic hydroxyl groups is 1. The first-order chi connectivity index (χ1) is 16.5. The van der Waals surface area contributed by atoms with Gasteiger partial charge in [0.15, 0.2) is 0 Å². The molecule has 0 spiro atoms. The van der Waals surface area contributed by atoms with Crippen molar-refractivity contribution in [2.45, 2.75) is 69.4 Å². The van der Waals surface area contributed by atoms with Crippen LogP contribution in [0.3, 0.4) is 0 Å². The van der Waals surface area contributed by atoms with E-state index in [2.05, 4.69) is 0 Å². The molecule has 1 aliphatic carbocycles. The number of alkyl halides is 3. The number of hydrogen-bond donors (Lipinski definition) is 2. The van der Waals surface area contributed by atoms with E-state index < -0.39 is 21.8 Å². The molecule has 0 unspecified atom stereocenters. The molecule has 0 aliphatic heterocycles. The molecule has 0 heterocycles. The SMILES string of the molecule is CC[C@H](CO)C(=N)CCCCOCC1CCC(CN(C)S(=O)(=O)c2ccc(C(F)(F)F)cc2)CC1. The summed E-state index contributed by atoms with van der Waals surface area (Å²) in [5, 5.41) is 17.2. The largest absolute Gasteiger partial charge is 0.416 e. The fraction of sp³-hybridized carbons (Fsp3) is 0.720. The van der Waals surface area contributed by atoms with Gasteiger partial charge in [0.1, 0.15) is 0 Å². The van der Waals surface area contributed by atoms with Crippen molar-refractivity contribution in [2.75, 3.05) is 33.4 Å². The van der Waals surface area contributed by atoms with Gasteiger partial charge in [-0.15, -0.1) is 0 Å². The molecule has 2 rings (SSSR count). The van der Waals surface area contributed by atoms with Gasteiger partial charge in [-0.25, -0.2) is 12.7 Å². The average molecular weight is 521 g/mol. The van der Waals surface area contributed by atoms with Gasteiger partial charge in [0.25, 0.3) is 0 Å². The summed E-state index contributed by atoms with van der Waals surface area (Å²) >= 11 is 0. The highest BCUT2D eigenvalue weighted by atomic mass is 32.2. The highest BCUT2D eigenvalue weighted by Crippen LogP contribution is 2.32. The maximum absolute atomic E-state index is 12.8. The van der Waals surface area contributed by atoms with Gasteiger partial charge >= 0.3 is 6.18 Å². The van der Waals surface area contributed by atoms with Gasteiger partial charge in [0.2, 0.25) is 10.0 Å². The van der Waals surface area contributed by atoms with Gasteiger partial charge in [-0.1, -0.05) is 6.92 Å². The summed E-state index contributed by atoms with van der Waals surface area (Å²) in [6, 6.07) is 3.63. The Hall–Kier alpha value is -1.49. The second-order valence-corrected chi connectivity index (χ2v) is 11.6. The van der Waals surface area contributed by atoms with E-state index in [0.717, 1.165) is 69.2 Å². The average Bonchev–Trinajstić information content (AvgIpc) is 2.82. The van der Waals surface area contributed by atoms with Crippen molar-refractivity contribution in [3.05, 3.63) is 29.8 Å². The Balaban J connectivity index is 1.68. The summed E-state index contributed by atoms with van der Waals surface area (Å²) in [7, 11) is -2.36. The van der Waals surface area contributed by atoms with E-state index in [1.54, 1.807) is 0 Å². The van der Waals surface area contributed by atoms with Crippen LogP contribution in [-0.4, -0.2) is 57.0 Å². The minimum Gasteiger partial charge on any atom is -0.396 e. The Morgan fingerprint density at radius 3 is 2.29 bits per heavy atom. The van der Waals surface area contributed by atoms with Gasteiger partial charge in [0.05, 0.1) is 17.1 Å². The van der Waals surface area contributed by atoms with E-state index in [1.807, 2.05) is 6.92 Å². The van der Waals surface area contributed by atoms with Crippen LogP contribution in [0.25, 0.3) is 0 Å². The van der Waals surface area contributed by atoms with Gasteiger partial charge in [-0.05, 0) is 87.5 Å². The number of sulfonamides is 1. The Bertz CT molecular complexity index is 879. The van der Waals surface area contributed by atoms with Gasteiger partial charge in [0, 0.05) is 38.4 Å². The summed E-state index contributed by atoms with van der Waals surface area (Å²) in [5.41, 5.74) is -0.260. The van der Waals surface area contributed by atoms with E-state index >= 15 is 0 Å². The molecule has 1 saturated carbocycles. The van der Waals surface area contributed by atoms with Gasteiger partial charge in [-0.3, -0.25) is 0 Å². The highest BCUT2D eigenvalue weighted by molar-refractivity contribution is 7.89. The molecule has 6 nitrogen and oxygen atoms in total. The summed E-state index contributed by atoms with van der Waals surface area (Å²) in [5.74, 6) is 0.625. The van der Waals surface area contributed by atoms with E-state index in [1.165, 1.54) is 11.4 Å². The van der Waals surface area contributed by atoms with Crippen LogP contribution < -0.4 is 0 Å². The molecule has 0 bridgehead atoms. The van der Waals surface area contributed by atoms with Crippen molar-refractivity contribution in [1.82, 2.24) is 4.31 Å². The molecule has 1 aliphatic rings. The maximum atomic E-state index is 12.8. The smallest absolute Gasteiger partial charge is 0.396 e. The lowest BCUT2D eigenvalue weighted by atomic mass is 9.82. The van der Waals surface area contributed by atoms with Gasteiger partial charge in [-0.2, -0.15) is 13.2 Å². The van der Waals surface area contributed by atoms with Crippen LogP contribution in [0, 0.1) is 23.2 Å². The number of hydrogen-bond acceptors (Lipinski definition) is 5. The lowest BCUT2D eigenvalue weighted by Crippen LogP contribution is -2.34. The third-order valence-electron chi connectivity index (χ3n) is 6.92. The molecule has 1 aromatic carbocycles. The molecule has 0 radical (unpaired) electrons. The number of aliphatic hydroxyl groups excluding tert-OH is 1. The number of benzene rings is 1. The fourth-order valence-corrected chi connectivity index (χ4v) is 5.74. The van der Waals surface area contributed by atoms with E-state index in [4.69, 9.17) is 10.1 Å². The molecular formula is C25H39F3N2O4S. The molecule has 1 atom stereocenters. The Kier molecular flexibility index (Phi) is 11.7. The molecule has 2 N–H and O–H groups in total. The highest BCUT2D eigenvalue weighted by Gasteiger charge is 2.32.